The summed E-state index contributed by atoms with van der Waals surface area (Å²) in [4.78, 5) is 15.3. The van der Waals surface area contributed by atoms with E-state index in [9.17, 15) is 4.79 Å². The predicted octanol–water partition coefficient (Wildman–Crippen LogP) is 2.72. The van der Waals surface area contributed by atoms with Gasteiger partial charge in [0.15, 0.2) is 0 Å². The molecular weight excluding hydrogens is 230 g/mol. The molecule has 0 aliphatic heterocycles. The molecule has 0 saturated heterocycles. The number of hydrogen-bond donors (Lipinski definition) is 0. The normalized spacial score (nSPS) is 10.6. The van der Waals surface area contributed by atoms with Crippen molar-refractivity contribution in [2.75, 3.05) is 6.61 Å². The fourth-order valence-electron chi connectivity index (χ4n) is 1.72. The molecule has 5 heteroatoms. The van der Waals surface area contributed by atoms with E-state index < -0.39 is 5.97 Å². The third-order valence-corrected chi connectivity index (χ3v) is 2.76. The SMILES string of the molecule is CCCCCCCCCOC(=O)c1ncn(C)n1. The summed E-state index contributed by atoms with van der Waals surface area (Å²) in [5.74, 6) is -0.290. The number of aromatic nitrogens is 3. The summed E-state index contributed by atoms with van der Waals surface area (Å²) in [6.45, 7) is 2.68. The van der Waals surface area contributed by atoms with Gasteiger partial charge in [0.25, 0.3) is 5.82 Å². The van der Waals surface area contributed by atoms with Crippen molar-refractivity contribution >= 4 is 5.97 Å². The Labute approximate surface area is 109 Å². The Bertz CT molecular complexity index is 350. The van der Waals surface area contributed by atoms with Crippen molar-refractivity contribution in [2.24, 2.45) is 7.05 Å². The highest BCUT2D eigenvalue weighted by atomic mass is 16.5. The molecule has 0 N–H and O–H groups in total. The van der Waals surface area contributed by atoms with Crippen LogP contribution in [-0.2, 0) is 11.8 Å². The van der Waals surface area contributed by atoms with Crippen LogP contribution in [0.4, 0.5) is 0 Å². The lowest BCUT2D eigenvalue weighted by molar-refractivity contribution is 0.0483. The van der Waals surface area contributed by atoms with Crippen LogP contribution in [0.1, 0.15) is 62.5 Å². The lowest BCUT2D eigenvalue weighted by atomic mass is 10.1. The zero-order chi connectivity index (χ0) is 13.2. The van der Waals surface area contributed by atoms with E-state index in [1.165, 1.54) is 43.1 Å². The summed E-state index contributed by atoms with van der Waals surface area (Å²) in [6, 6.07) is 0. The standard InChI is InChI=1S/C13H23N3O2/c1-3-4-5-6-7-8-9-10-18-13(17)12-14-11-16(2)15-12/h11H,3-10H2,1-2H3. The molecule has 0 bridgehead atoms. The Morgan fingerprint density at radius 2 is 1.89 bits per heavy atom. The zero-order valence-corrected chi connectivity index (χ0v) is 11.4. The number of unbranched alkanes of at least 4 members (excludes halogenated alkanes) is 6. The van der Waals surface area contributed by atoms with Crippen LogP contribution in [0.2, 0.25) is 0 Å². The third-order valence-electron chi connectivity index (χ3n) is 2.76. The summed E-state index contributed by atoms with van der Waals surface area (Å²) in [6.07, 6.45) is 9.94. The van der Waals surface area contributed by atoms with Crippen LogP contribution < -0.4 is 0 Å². The lowest BCUT2D eigenvalue weighted by Gasteiger charge is -2.02. The number of carbonyl (C=O) groups is 1. The van der Waals surface area contributed by atoms with E-state index in [0.29, 0.717) is 6.61 Å². The first-order valence-corrected chi connectivity index (χ1v) is 6.76. The van der Waals surface area contributed by atoms with Crippen LogP contribution in [0.3, 0.4) is 0 Å². The quantitative estimate of drug-likeness (QED) is 0.501. The maximum Gasteiger partial charge on any atom is 0.378 e. The monoisotopic (exact) mass is 253 g/mol. The van der Waals surface area contributed by atoms with Gasteiger partial charge in [0.2, 0.25) is 0 Å². The fraction of sp³-hybridized carbons (Fsp3) is 0.769. The lowest BCUT2D eigenvalue weighted by Crippen LogP contribution is -2.09. The topological polar surface area (TPSA) is 57.0 Å². The van der Waals surface area contributed by atoms with Gasteiger partial charge in [0.1, 0.15) is 6.33 Å². The van der Waals surface area contributed by atoms with Crippen LogP contribution >= 0.6 is 0 Å². The molecule has 102 valence electrons. The Balaban J connectivity index is 1.99. The maximum atomic E-state index is 11.5. The molecule has 5 nitrogen and oxygen atoms in total. The van der Waals surface area contributed by atoms with Crippen molar-refractivity contribution in [1.82, 2.24) is 14.8 Å². The van der Waals surface area contributed by atoms with E-state index in [0.717, 1.165) is 12.8 Å². The summed E-state index contributed by atoms with van der Waals surface area (Å²) in [5.41, 5.74) is 0. The smallest absolute Gasteiger partial charge is 0.378 e. The van der Waals surface area contributed by atoms with Crippen LogP contribution in [0, 0.1) is 0 Å². The van der Waals surface area contributed by atoms with Crippen LogP contribution in [0.5, 0.6) is 0 Å². The van der Waals surface area contributed by atoms with Crippen molar-refractivity contribution in [3.63, 3.8) is 0 Å². The minimum absolute atomic E-state index is 0.139. The highest BCUT2D eigenvalue weighted by Crippen LogP contribution is 2.07. The van der Waals surface area contributed by atoms with Gasteiger partial charge < -0.3 is 4.74 Å². The molecule has 1 rings (SSSR count). The summed E-state index contributed by atoms with van der Waals surface area (Å²) in [5, 5.41) is 3.89. The molecule has 0 aliphatic rings. The summed E-state index contributed by atoms with van der Waals surface area (Å²) >= 11 is 0. The van der Waals surface area contributed by atoms with E-state index in [2.05, 4.69) is 17.0 Å². The third kappa shape index (κ3) is 5.80. The molecule has 0 spiro atoms. The second-order valence-corrected chi connectivity index (χ2v) is 4.50. The van der Waals surface area contributed by atoms with Crippen LogP contribution in [0.15, 0.2) is 6.33 Å². The predicted molar refractivity (Wildman–Crippen MR) is 69.3 cm³/mol. The van der Waals surface area contributed by atoms with Gasteiger partial charge in [-0.15, -0.1) is 5.10 Å². The number of esters is 1. The highest BCUT2D eigenvalue weighted by molar-refractivity contribution is 5.84. The number of nitrogens with zero attached hydrogens (tertiary/aromatic N) is 3. The molecule has 0 aromatic carbocycles. The minimum atomic E-state index is -0.429. The molecular formula is C13H23N3O2. The van der Waals surface area contributed by atoms with Crippen molar-refractivity contribution in [3.8, 4) is 0 Å². The Kier molecular flexibility index (Phi) is 7.06. The van der Waals surface area contributed by atoms with Crippen molar-refractivity contribution < 1.29 is 9.53 Å². The summed E-state index contributed by atoms with van der Waals surface area (Å²) in [7, 11) is 1.72. The number of carbonyl (C=O) groups excluding carboxylic acids is 1. The van der Waals surface area contributed by atoms with E-state index in [1.54, 1.807) is 7.05 Å². The van der Waals surface area contributed by atoms with Gasteiger partial charge in [0.05, 0.1) is 6.61 Å². The van der Waals surface area contributed by atoms with E-state index >= 15 is 0 Å². The van der Waals surface area contributed by atoms with Gasteiger partial charge in [0, 0.05) is 7.05 Å². The molecule has 0 unspecified atom stereocenters. The average molecular weight is 253 g/mol. The molecule has 0 amide bonds. The largest absolute Gasteiger partial charge is 0.460 e. The molecule has 18 heavy (non-hydrogen) atoms. The maximum absolute atomic E-state index is 11.5. The first-order valence-electron chi connectivity index (χ1n) is 6.76. The Morgan fingerprint density at radius 3 is 2.50 bits per heavy atom. The first kappa shape index (κ1) is 14.7. The van der Waals surface area contributed by atoms with Gasteiger partial charge in [-0.3, -0.25) is 4.68 Å². The van der Waals surface area contributed by atoms with Crippen molar-refractivity contribution in [3.05, 3.63) is 12.2 Å². The van der Waals surface area contributed by atoms with Gasteiger partial charge in [-0.05, 0) is 6.42 Å². The van der Waals surface area contributed by atoms with E-state index in [4.69, 9.17) is 4.74 Å². The van der Waals surface area contributed by atoms with Gasteiger partial charge >= 0.3 is 5.97 Å². The number of rotatable bonds is 9. The second-order valence-electron chi connectivity index (χ2n) is 4.50. The van der Waals surface area contributed by atoms with Crippen molar-refractivity contribution in [1.29, 1.82) is 0 Å². The Hall–Kier alpha value is -1.39. The molecule has 1 aromatic heterocycles. The minimum Gasteiger partial charge on any atom is -0.460 e. The number of ether oxygens (including phenoxy) is 1. The molecule has 0 fully saturated rings. The molecule has 0 atom stereocenters. The van der Waals surface area contributed by atoms with Gasteiger partial charge in [-0.25, -0.2) is 9.78 Å². The molecule has 1 aromatic rings. The Morgan fingerprint density at radius 1 is 1.22 bits per heavy atom. The molecule has 0 aliphatic carbocycles. The molecule has 1 heterocycles. The van der Waals surface area contributed by atoms with E-state index in [-0.39, 0.29) is 5.82 Å². The molecule has 0 radical (unpaired) electrons. The average Bonchev–Trinajstić information content (AvgIpc) is 2.79. The fourth-order valence-corrected chi connectivity index (χ4v) is 1.72. The van der Waals surface area contributed by atoms with Gasteiger partial charge in [-0.2, -0.15) is 0 Å². The van der Waals surface area contributed by atoms with Crippen molar-refractivity contribution in [2.45, 2.75) is 51.9 Å². The molecule has 0 saturated carbocycles. The van der Waals surface area contributed by atoms with Gasteiger partial charge in [-0.1, -0.05) is 45.4 Å². The first-order chi connectivity index (χ1) is 8.74. The van der Waals surface area contributed by atoms with Crippen LogP contribution in [0.25, 0.3) is 0 Å². The van der Waals surface area contributed by atoms with Crippen LogP contribution in [-0.4, -0.2) is 27.3 Å². The zero-order valence-electron chi connectivity index (χ0n) is 11.4. The van der Waals surface area contributed by atoms with E-state index in [1.807, 2.05) is 0 Å². The number of hydrogen-bond acceptors (Lipinski definition) is 4. The second kappa shape index (κ2) is 8.66. The number of aryl methyl sites for hydroxylation is 1. The highest BCUT2D eigenvalue weighted by Gasteiger charge is 2.11. The summed E-state index contributed by atoms with van der Waals surface area (Å²) < 4.78 is 6.58.